The van der Waals surface area contributed by atoms with Gasteiger partial charge in [-0.1, -0.05) is 0 Å². The smallest absolute Gasteiger partial charge is 0.273 e. The molecule has 2 heterocycles. The molecule has 0 saturated heterocycles. The molecule has 104 valence electrons. The molecule has 0 unspecified atom stereocenters. The number of aryl methyl sites for hydroxylation is 2. The normalized spacial score (nSPS) is 11.7. The van der Waals surface area contributed by atoms with Gasteiger partial charge in [0.1, 0.15) is 5.76 Å². The van der Waals surface area contributed by atoms with E-state index < -0.39 is 10.0 Å². The van der Waals surface area contributed by atoms with Crippen molar-refractivity contribution in [3.63, 3.8) is 0 Å². The van der Waals surface area contributed by atoms with Crippen molar-refractivity contribution >= 4 is 10.0 Å². The standard InChI is InChI=1S/C12H17N3O3S/c1-9-4-5-10(2)15(9)14-8-11-6-7-12(18-11)19(16,17)13-3/h4-7,13-14H,8H2,1-3H3. The fourth-order valence-electron chi connectivity index (χ4n) is 1.77. The van der Waals surface area contributed by atoms with Gasteiger partial charge < -0.3 is 9.84 Å². The number of aromatic nitrogens is 1. The Morgan fingerprint density at radius 2 is 1.79 bits per heavy atom. The minimum Gasteiger partial charge on any atom is -0.446 e. The van der Waals surface area contributed by atoms with Crippen molar-refractivity contribution in [2.45, 2.75) is 25.5 Å². The average molecular weight is 283 g/mol. The van der Waals surface area contributed by atoms with Crippen molar-refractivity contribution < 1.29 is 12.8 Å². The summed E-state index contributed by atoms with van der Waals surface area (Å²) in [4.78, 5) is 0. The number of hydrogen-bond donors (Lipinski definition) is 2. The molecular weight excluding hydrogens is 266 g/mol. The van der Waals surface area contributed by atoms with Crippen LogP contribution in [0.3, 0.4) is 0 Å². The number of nitrogens with zero attached hydrogens (tertiary/aromatic N) is 1. The average Bonchev–Trinajstić information content (AvgIpc) is 2.96. The number of hydrogen-bond acceptors (Lipinski definition) is 4. The molecule has 0 fully saturated rings. The Morgan fingerprint density at radius 3 is 2.37 bits per heavy atom. The van der Waals surface area contributed by atoms with Gasteiger partial charge in [-0.2, -0.15) is 0 Å². The molecule has 7 heteroatoms. The molecule has 0 aliphatic rings. The zero-order valence-electron chi connectivity index (χ0n) is 11.1. The number of rotatable bonds is 5. The van der Waals surface area contributed by atoms with Crippen LogP contribution in [0.1, 0.15) is 17.1 Å². The third kappa shape index (κ3) is 2.82. The first-order valence-corrected chi connectivity index (χ1v) is 7.33. The van der Waals surface area contributed by atoms with E-state index in [4.69, 9.17) is 4.42 Å². The van der Waals surface area contributed by atoms with Gasteiger partial charge >= 0.3 is 0 Å². The first kappa shape index (κ1) is 13.7. The molecule has 0 aliphatic carbocycles. The van der Waals surface area contributed by atoms with E-state index in [2.05, 4.69) is 10.1 Å². The summed E-state index contributed by atoms with van der Waals surface area (Å²) in [7, 11) is -2.17. The third-order valence-electron chi connectivity index (χ3n) is 2.85. The maximum atomic E-state index is 11.5. The quantitative estimate of drug-likeness (QED) is 0.868. The van der Waals surface area contributed by atoms with Crippen molar-refractivity contribution in [2.75, 3.05) is 12.5 Å². The van der Waals surface area contributed by atoms with Crippen LogP contribution in [0.15, 0.2) is 33.8 Å². The predicted molar refractivity (Wildman–Crippen MR) is 71.9 cm³/mol. The molecular formula is C12H17N3O3S. The molecule has 0 aliphatic heterocycles. The summed E-state index contributed by atoms with van der Waals surface area (Å²) in [6, 6.07) is 7.09. The molecule has 2 rings (SSSR count). The molecule has 0 bridgehead atoms. The maximum Gasteiger partial charge on any atom is 0.273 e. The van der Waals surface area contributed by atoms with E-state index in [0.29, 0.717) is 12.3 Å². The highest BCUT2D eigenvalue weighted by atomic mass is 32.2. The second-order valence-electron chi connectivity index (χ2n) is 4.21. The van der Waals surface area contributed by atoms with E-state index in [0.717, 1.165) is 11.4 Å². The topological polar surface area (TPSA) is 76.3 Å². The zero-order chi connectivity index (χ0) is 14.0. The lowest BCUT2D eigenvalue weighted by atomic mass is 10.4. The first-order valence-electron chi connectivity index (χ1n) is 5.85. The molecule has 2 N–H and O–H groups in total. The lowest BCUT2D eigenvalue weighted by Crippen LogP contribution is -2.18. The minimum absolute atomic E-state index is 0.0762. The minimum atomic E-state index is -3.52. The lowest BCUT2D eigenvalue weighted by Gasteiger charge is -2.11. The highest BCUT2D eigenvalue weighted by molar-refractivity contribution is 7.89. The van der Waals surface area contributed by atoms with Gasteiger partial charge in [0.05, 0.1) is 6.54 Å². The summed E-state index contributed by atoms with van der Waals surface area (Å²) >= 11 is 0. The lowest BCUT2D eigenvalue weighted by molar-refractivity contribution is 0.413. The SMILES string of the molecule is CNS(=O)(=O)c1ccc(CNn2c(C)ccc2C)o1. The molecule has 2 aromatic rings. The van der Waals surface area contributed by atoms with Gasteiger partial charge in [-0.15, -0.1) is 0 Å². The second kappa shape index (κ2) is 5.10. The van der Waals surface area contributed by atoms with Crippen molar-refractivity contribution in [3.05, 3.63) is 41.4 Å². The van der Waals surface area contributed by atoms with Gasteiger partial charge in [-0.25, -0.2) is 13.1 Å². The molecule has 0 aromatic carbocycles. The van der Waals surface area contributed by atoms with Gasteiger partial charge in [0, 0.05) is 11.4 Å². The van der Waals surface area contributed by atoms with E-state index in [1.54, 1.807) is 6.07 Å². The Bertz CT molecular complexity index is 651. The van der Waals surface area contributed by atoms with E-state index in [1.807, 2.05) is 30.7 Å². The number of furan rings is 1. The fraction of sp³-hybridized carbons (Fsp3) is 0.333. The van der Waals surface area contributed by atoms with Crippen molar-refractivity contribution in [1.29, 1.82) is 0 Å². The Hall–Kier alpha value is -1.73. The second-order valence-corrected chi connectivity index (χ2v) is 6.03. The van der Waals surface area contributed by atoms with Crippen LogP contribution in [0.5, 0.6) is 0 Å². The van der Waals surface area contributed by atoms with E-state index in [9.17, 15) is 8.42 Å². The summed E-state index contributed by atoms with van der Waals surface area (Å²) in [6.45, 7) is 4.38. The van der Waals surface area contributed by atoms with Crippen molar-refractivity contribution in [3.8, 4) is 0 Å². The van der Waals surface area contributed by atoms with Crippen molar-refractivity contribution in [1.82, 2.24) is 9.40 Å². The van der Waals surface area contributed by atoms with E-state index in [1.165, 1.54) is 13.1 Å². The highest BCUT2D eigenvalue weighted by Crippen LogP contribution is 2.14. The van der Waals surface area contributed by atoms with Gasteiger partial charge in [0.2, 0.25) is 5.09 Å². The number of sulfonamides is 1. The molecule has 2 aromatic heterocycles. The van der Waals surface area contributed by atoms with Crippen LogP contribution < -0.4 is 10.1 Å². The van der Waals surface area contributed by atoms with Crippen LogP contribution >= 0.6 is 0 Å². The molecule has 0 saturated carbocycles. The van der Waals surface area contributed by atoms with Crippen molar-refractivity contribution in [2.24, 2.45) is 0 Å². The van der Waals surface area contributed by atoms with Crippen LogP contribution in [0.2, 0.25) is 0 Å². The summed E-state index contributed by atoms with van der Waals surface area (Å²) in [5, 5.41) is -0.0762. The van der Waals surface area contributed by atoms with Gasteiger partial charge in [0.15, 0.2) is 0 Å². The maximum absolute atomic E-state index is 11.5. The Balaban J connectivity index is 2.10. The van der Waals surface area contributed by atoms with Crippen LogP contribution in [0.4, 0.5) is 0 Å². The van der Waals surface area contributed by atoms with Gasteiger partial charge in [-0.3, -0.25) is 4.68 Å². The third-order valence-corrected chi connectivity index (χ3v) is 4.14. The van der Waals surface area contributed by atoms with E-state index >= 15 is 0 Å². The summed E-state index contributed by atoms with van der Waals surface area (Å²) in [6.07, 6.45) is 0. The largest absolute Gasteiger partial charge is 0.446 e. The predicted octanol–water partition coefficient (Wildman–Crippen LogP) is 1.35. The fourth-order valence-corrected chi connectivity index (χ4v) is 2.44. The Morgan fingerprint density at radius 1 is 1.16 bits per heavy atom. The summed E-state index contributed by atoms with van der Waals surface area (Å²) in [5.74, 6) is 0.557. The monoisotopic (exact) mass is 283 g/mol. The number of nitrogens with one attached hydrogen (secondary N) is 2. The molecule has 0 atom stereocenters. The molecule has 0 spiro atoms. The van der Waals surface area contributed by atoms with Crippen LogP contribution in [0.25, 0.3) is 0 Å². The Kier molecular flexibility index (Phi) is 3.68. The van der Waals surface area contributed by atoms with E-state index in [-0.39, 0.29) is 5.09 Å². The van der Waals surface area contributed by atoms with Crippen LogP contribution in [-0.4, -0.2) is 20.1 Å². The first-order chi connectivity index (χ1) is 8.94. The molecule has 6 nitrogen and oxygen atoms in total. The summed E-state index contributed by atoms with van der Waals surface area (Å²) in [5.41, 5.74) is 5.32. The van der Waals surface area contributed by atoms with Crippen LogP contribution in [-0.2, 0) is 16.6 Å². The van der Waals surface area contributed by atoms with Crippen LogP contribution in [0, 0.1) is 13.8 Å². The van der Waals surface area contributed by atoms with Gasteiger partial charge in [0.25, 0.3) is 10.0 Å². The van der Waals surface area contributed by atoms with Gasteiger partial charge in [-0.05, 0) is 45.2 Å². The molecule has 19 heavy (non-hydrogen) atoms. The highest BCUT2D eigenvalue weighted by Gasteiger charge is 2.16. The molecule has 0 radical (unpaired) electrons. The zero-order valence-corrected chi connectivity index (χ0v) is 11.9. The molecule has 0 amide bonds. The Labute approximate surface area is 112 Å². The summed E-state index contributed by atoms with van der Waals surface area (Å²) < 4.78 is 32.5.